The molecule has 1 unspecified atom stereocenters. The van der Waals surface area contributed by atoms with Crippen molar-refractivity contribution in [3.05, 3.63) is 34.3 Å². The Balaban J connectivity index is 2.76. The van der Waals surface area contributed by atoms with Gasteiger partial charge in [-0.15, -0.1) is 0 Å². The number of hydrogen-bond donors (Lipinski definition) is 2. The van der Waals surface area contributed by atoms with Crippen molar-refractivity contribution in [3.63, 3.8) is 0 Å². The van der Waals surface area contributed by atoms with Gasteiger partial charge in [-0.2, -0.15) is 0 Å². The molecule has 0 saturated heterocycles. The molecule has 3 N–H and O–H groups in total. The standard InChI is InChI=1S/C14H20BrN3O2/c1-3-4-12(13(16)17-20)14(19)18(2)9-10-5-7-11(15)8-6-10/h5-8,12,20H,3-4,9H2,1-2H3,(H2,16,17). The molecule has 0 radical (unpaired) electrons. The first kappa shape index (κ1) is 16.5. The second kappa shape index (κ2) is 7.89. The highest BCUT2D eigenvalue weighted by Crippen LogP contribution is 2.15. The van der Waals surface area contributed by atoms with Crippen molar-refractivity contribution >= 4 is 27.7 Å². The Morgan fingerprint density at radius 2 is 2.05 bits per heavy atom. The van der Waals surface area contributed by atoms with Gasteiger partial charge in [-0.3, -0.25) is 4.79 Å². The van der Waals surface area contributed by atoms with E-state index >= 15 is 0 Å². The predicted molar refractivity (Wildman–Crippen MR) is 82.4 cm³/mol. The maximum absolute atomic E-state index is 12.3. The van der Waals surface area contributed by atoms with E-state index in [4.69, 9.17) is 10.9 Å². The zero-order valence-corrected chi connectivity index (χ0v) is 13.3. The second-order valence-electron chi connectivity index (χ2n) is 4.69. The number of amides is 1. The summed E-state index contributed by atoms with van der Waals surface area (Å²) in [7, 11) is 1.72. The second-order valence-corrected chi connectivity index (χ2v) is 5.60. The summed E-state index contributed by atoms with van der Waals surface area (Å²) in [5.74, 6) is -0.727. The largest absolute Gasteiger partial charge is 0.409 e. The molecule has 0 aliphatic rings. The molecule has 0 aromatic heterocycles. The highest BCUT2D eigenvalue weighted by atomic mass is 79.9. The highest BCUT2D eigenvalue weighted by molar-refractivity contribution is 9.10. The lowest BCUT2D eigenvalue weighted by Crippen LogP contribution is -2.39. The van der Waals surface area contributed by atoms with Crippen LogP contribution in [-0.2, 0) is 11.3 Å². The summed E-state index contributed by atoms with van der Waals surface area (Å²) in [5.41, 5.74) is 6.63. The molecular weight excluding hydrogens is 322 g/mol. The number of rotatable bonds is 6. The van der Waals surface area contributed by atoms with Crippen LogP contribution in [0.25, 0.3) is 0 Å². The highest BCUT2D eigenvalue weighted by Gasteiger charge is 2.25. The van der Waals surface area contributed by atoms with Crippen molar-refractivity contribution in [2.45, 2.75) is 26.3 Å². The molecule has 110 valence electrons. The van der Waals surface area contributed by atoms with E-state index in [2.05, 4.69) is 21.1 Å². The van der Waals surface area contributed by atoms with E-state index in [1.807, 2.05) is 31.2 Å². The van der Waals surface area contributed by atoms with Crippen molar-refractivity contribution < 1.29 is 10.0 Å². The summed E-state index contributed by atoms with van der Waals surface area (Å²) in [6, 6.07) is 7.76. The summed E-state index contributed by atoms with van der Waals surface area (Å²) >= 11 is 3.37. The molecule has 0 aliphatic heterocycles. The number of halogens is 1. The van der Waals surface area contributed by atoms with E-state index in [9.17, 15) is 4.79 Å². The molecule has 1 rings (SSSR count). The number of nitrogens with two attached hydrogens (primary N) is 1. The molecule has 5 nitrogen and oxygen atoms in total. The molecule has 1 amide bonds. The van der Waals surface area contributed by atoms with E-state index in [0.29, 0.717) is 13.0 Å². The van der Waals surface area contributed by atoms with Crippen LogP contribution in [0.3, 0.4) is 0 Å². The molecule has 0 bridgehead atoms. The smallest absolute Gasteiger partial charge is 0.233 e. The van der Waals surface area contributed by atoms with Gasteiger partial charge in [0, 0.05) is 18.1 Å². The zero-order chi connectivity index (χ0) is 15.1. The normalized spacial score (nSPS) is 13.1. The first-order chi connectivity index (χ1) is 9.49. The summed E-state index contributed by atoms with van der Waals surface area (Å²) in [6.45, 7) is 2.45. The van der Waals surface area contributed by atoms with Gasteiger partial charge in [-0.25, -0.2) is 0 Å². The molecule has 6 heteroatoms. The minimum Gasteiger partial charge on any atom is -0.409 e. The lowest BCUT2D eigenvalue weighted by atomic mass is 10.0. The van der Waals surface area contributed by atoms with Crippen molar-refractivity contribution in [3.8, 4) is 0 Å². The Morgan fingerprint density at radius 3 is 2.55 bits per heavy atom. The minimum atomic E-state index is -0.564. The van der Waals surface area contributed by atoms with Crippen LogP contribution in [0, 0.1) is 5.92 Å². The molecule has 0 heterocycles. The van der Waals surface area contributed by atoms with Crippen molar-refractivity contribution in [1.82, 2.24) is 4.90 Å². The number of nitrogens with zero attached hydrogens (tertiary/aromatic N) is 2. The van der Waals surface area contributed by atoms with Gasteiger partial charge in [-0.05, 0) is 24.1 Å². The maximum atomic E-state index is 12.3. The summed E-state index contributed by atoms with van der Waals surface area (Å²) in [4.78, 5) is 13.9. The van der Waals surface area contributed by atoms with Crippen LogP contribution in [0.15, 0.2) is 33.9 Å². The topological polar surface area (TPSA) is 78.9 Å². The van der Waals surface area contributed by atoms with Crippen molar-refractivity contribution in [2.24, 2.45) is 16.8 Å². The Morgan fingerprint density at radius 1 is 1.45 bits per heavy atom. The molecule has 1 aromatic carbocycles. The molecule has 0 spiro atoms. The van der Waals surface area contributed by atoms with Crippen molar-refractivity contribution in [2.75, 3.05) is 7.05 Å². The number of benzene rings is 1. The fourth-order valence-electron chi connectivity index (χ4n) is 1.96. The minimum absolute atomic E-state index is 0.0282. The van der Waals surface area contributed by atoms with Gasteiger partial charge in [0.15, 0.2) is 5.84 Å². The Bertz CT molecular complexity index is 474. The van der Waals surface area contributed by atoms with Crippen LogP contribution >= 0.6 is 15.9 Å². The van der Waals surface area contributed by atoms with Crippen LogP contribution in [0.2, 0.25) is 0 Å². The lowest BCUT2D eigenvalue weighted by molar-refractivity contribution is -0.132. The maximum Gasteiger partial charge on any atom is 0.233 e. The third-order valence-electron chi connectivity index (χ3n) is 3.06. The van der Waals surface area contributed by atoms with Gasteiger partial charge in [0.1, 0.15) is 0 Å². The molecule has 1 atom stereocenters. The van der Waals surface area contributed by atoms with Crippen molar-refractivity contribution in [1.29, 1.82) is 0 Å². The fourth-order valence-corrected chi connectivity index (χ4v) is 2.23. The van der Waals surface area contributed by atoms with Gasteiger partial charge in [0.05, 0.1) is 5.92 Å². The van der Waals surface area contributed by atoms with E-state index in [1.165, 1.54) is 0 Å². The van der Waals surface area contributed by atoms with Crippen LogP contribution in [0.1, 0.15) is 25.3 Å². The molecule has 0 saturated carbocycles. The fraction of sp³-hybridized carbons (Fsp3) is 0.429. The zero-order valence-electron chi connectivity index (χ0n) is 11.7. The number of amidine groups is 1. The number of oxime groups is 1. The third kappa shape index (κ3) is 4.52. The first-order valence-electron chi connectivity index (χ1n) is 6.46. The van der Waals surface area contributed by atoms with Gasteiger partial charge < -0.3 is 15.8 Å². The number of carbonyl (C=O) groups is 1. The van der Waals surface area contributed by atoms with Crippen LogP contribution < -0.4 is 5.73 Å². The van der Waals surface area contributed by atoms with E-state index in [0.717, 1.165) is 16.5 Å². The lowest BCUT2D eigenvalue weighted by Gasteiger charge is -2.23. The molecule has 1 aromatic rings. The third-order valence-corrected chi connectivity index (χ3v) is 3.59. The molecule has 0 fully saturated rings. The summed E-state index contributed by atoms with van der Waals surface area (Å²) in [6.07, 6.45) is 1.36. The van der Waals surface area contributed by atoms with Gasteiger partial charge in [-0.1, -0.05) is 46.6 Å². The van der Waals surface area contributed by atoms with Gasteiger partial charge in [0.25, 0.3) is 0 Å². The summed E-state index contributed by atoms with van der Waals surface area (Å²) in [5, 5.41) is 11.7. The van der Waals surface area contributed by atoms with Crippen LogP contribution in [0.5, 0.6) is 0 Å². The van der Waals surface area contributed by atoms with E-state index < -0.39 is 5.92 Å². The predicted octanol–water partition coefficient (Wildman–Crippen LogP) is 2.57. The quantitative estimate of drug-likeness (QED) is 0.361. The molecule has 0 aliphatic carbocycles. The van der Waals surface area contributed by atoms with E-state index in [1.54, 1.807) is 11.9 Å². The summed E-state index contributed by atoms with van der Waals surface area (Å²) < 4.78 is 0.996. The SMILES string of the molecule is CCCC(C(=O)N(C)Cc1ccc(Br)cc1)C(N)=NO. The van der Waals surface area contributed by atoms with Crippen LogP contribution in [-0.4, -0.2) is 28.9 Å². The van der Waals surface area contributed by atoms with Crippen LogP contribution in [0.4, 0.5) is 0 Å². The average molecular weight is 342 g/mol. The molecular formula is C14H20BrN3O2. The first-order valence-corrected chi connectivity index (χ1v) is 7.25. The number of carbonyl (C=O) groups excluding carboxylic acids is 1. The Kier molecular flexibility index (Phi) is 6.51. The van der Waals surface area contributed by atoms with Gasteiger partial charge >= 0.3 is 0 Å². The average Bonchev–Trinajstić information content (AvgIpc) is 2.45. The Labute approximate surface area is 127 Å². The van der Waals surface area contributed by atoms with Gasteiger partial charge in [0.2, 0.25) is 5.91 Å². The monoisotopic (exact) mass is 341 g/mol. The number of hydrogen-bond acceptors (Lipinski definition) is 3. The molecule has 20 heavy (non-hydrogen) atoms. The van der Waals surface area contributed by atoms with E-state index in [-0.39, 0.29) is 11.7 Å². The Hall–Kier alpha value is -1.56.